The molecule has 1 N–H and O–H groups in total. The Balaban J connectivity index is 1.31. The van der Waals surface area contributed by atoms with E-state index in [1.54, 1.807) is 46.0 Å². The van der Waals surface area contributed by atoms with Crippen LogP contribution >= 0.6 is 11.6 Å². The topological polar surface area (TPSA) is 79.2 Å². The number of hydrogen-bond donors (Lipinski definition) is 1. The summed E-state index contributed by atoms with van der Waals surface area (Å²) in [6.45, 7) is 4.20. The molecular formula is C30H27ClFN7O. The Morgan fingerprint density at radius 1 is 0.925 bits per heavy atom. The summed E-state index contributed by atoms with van der Waals surface area (Å²) in [5.74, 6) is 1.15. The molecular weight excluding hydrogens is 529 g/mol. The predicted molar refractivity (Wildman–Crippen MR) is 155 cm³/mol. The van der Waals surface area contributed by atoms with Crippen molar-refractivity contribution < 1.29 is 9.18 Å². The van der Waals surface area contributed by atoms with E-state index < -0.39 is 0 Å². The number of rotatable bonds is 5. The number of halogens is 2. The number of piperazine rings is 1. The van der Waals surface area contributed by atoms with Gasteiger partial charge in [0.2, 0.25) is 0 Å². The van der Waals surface area contributed by atoms with Crippen molar-refractivity contribution in [3.8, 4) is 5.69 Å². The normalized spacial score (nSPS) is 13.6. The third-order valence-electron chi connectivity index (χ3n) is 6.97. The van der Waals surface area contributed by atoms with Gasteiger partial charge in [0.1, 0.15) is 17.5 Å². The van der Waals surface area contributed by atoms with Gasteiger partial charge in [-0.15, -0.1) is 0 Å². The standard InChI is InChI=1S/C30H27ClFN7O/c1-20-27-28(37-15-17-38(18-16-37)30(40)33-24-11-7-22(31)8-12-24)34-26(19-21-5-3-2-4-6-21)35-29(27)39(36-20)25-13-9-23(32)10-14-25/h2-14H,15-19H2,1H3,(H,33,40). The first-order valence-electron chi connectivity index (χ1n) is 13.1. The van der Waals surface area contributed by atoms with Crippen molar-refractivity contribution in [3.05, 3.63) is 107 Å². The van der Waals surface area contributed by atoms with Crippen LogP contribution in [0, 0.1) is 12.7 Å². The molecule has 0 atom stereocenters. The van der Waals surface area contributed by atoms with Crippen LogP contribution in [0.3, 0.4) is 0 Å². The van der Waals surface area contributed by atoms with Gasteiger partial charge in [-0.2, -0.15) is 5.10 Å². The number of amides is 2. The van der Waals surface area contributed by atoms with Crippen LogP contribution in [0.1, 0.15) is 17.1 Å². The molecule has 1 aliphatic rings. The Bertz CT molecular complexity index is 1650. The van der Waals surface area contributed by atoms with Gasteiger partial charge in [0.15, 0.2) is 5.65 Å². The first kappa shape index (κ1) is 25.8. The van der Waals surface area contributed by atoms with Crippen LogP contribution in [0.15, 0.2) is 78.9 Å². The average molecular weight is 556 g/mol. The summed E-state index contributed by atoms with van der Waals surface area (Å²) >= 11 is 5.96. The molecule has 0 bridgehead atoms. The smallest absolute Gasteiger partial charge is 0.321 e. The number of aromatic nitrogens is 4. The van der Waals surface area contributed by atoms with Gasteiger partial charge < -0.3 is 15.1 Å². The molecule has 3 heterocycles. The van der Waals surface area contributed by atoms with Crippen LogP contribution in [0.4, 0.5) is 20.7 Å². The second kappa shape index (κ2) is 10.9. The molecule has 0 aliphatic carbocycles. The minimum Gasteiger partial charge on any atom is -0.352 e. The van der Waals surface area contributed by atoms with Crippen molar-refractivity contribution in [2.75, 3.05) is 36.4 Å². The van der Waals surface area contributed by atoms with Crippen molar-refractivity contribution in [2.45, 2.75) is 13.3 Å². The Morgan fingerprint density at radius 2 is 1.62 bits per heavy atom. The van der Waals surface area contributed by atoms with Gasteiger partial charge in [0.05, 0.1) is 16.8 Å². The summed E-state index contributed by atoms with van der Waals surface area (Å²) in [6.07, 6.45) is 0.556. The van der Waals surface area contributed by atoms with Crippen LogP contribution in [-0.2, 0) is 6.42 Å². The minimum absolute atomic E-state index is 0.153. The van der Waals surface area contributed by atoms with Crippen molar-refractivity contribution >= 4 is 40.2 Å². The molecule has 1 fully saturated rings. The number of nitrogens with one attached hydrogen (secondary N) is 1. The average Bonchev–Trinajstić information content (AvgIpc) is 3.31. The third-order valence-corrected chi connectivity index (χ3v) is 7.22. The molecule has 6 rings (SSSR count). The summed E-state index contributed by atoms with van der Waals surface area (Å²) in [5, 5.41) is 9.17. The quantitative estimate of drug-likeness (QED) is 0.294. The molecule has 1 saturated heterocycles. The fourth-order valence-corrected chi connectivity index (χ4v) is 5.04. The van der Waals surface area contributed by atoms with Crippen LogP contribution < -0.4 is 10.2 Å². The highest BCUT2D eigenvalue weighted by Gasteiger charge is 2.26. The predicted octanol–water partition coefficient (Wildman–Crippen LogP) is 5.86. The van der Waals surface area contributed by atoms with Crippen molar-refractivity contribution in [1.82, 2.24) is 24.6 Å². The van der Waals surface area contributed by atoms with Gasteiger partial charge in [0.25, 0.3) is 0 Å². The first-order valence-corrected chi connectivity index (χ1v) is 13.4. The minimum atomic E-state index is -0.310. The summed E-state index contributed by atoms with van der Waals surface area (Å²) in [5.41, 5.74) is 3.97. The zero-order chi connectivity index (χ0) is 27.6. The Labute approximate surface area is 236 Å². The zero-order valence-corrected chi connectivity index (χ0v) is 22.6. The maximum atomic E-state index is 13.7. The summed E-state index contributed by atoms with van der Waals surface area (Å²) in [4.78, 5) is 26.8. The largest absolute Gasteiger partial charge is 0.352 e. The highest BCUT2D eigenvalue weighted by molar-refractivity contribution is 6.30. The van der Waals surface area contributed by atoms with Crippen LogP contribution in [0.2, 0.25) is 5.02 Å². The number of fused-ring (bicyclic) bond motifs is 1. The van der Waals surface area contributed by atoms with E-state index >= 15 is 0 Å². The molecule has 0 unspecified atom stereocenters. The lowest BCUT2D eigenvalue weighted by molar-refractivity contribution is 0.208. The third kappa shape index (κ3) is 5.33. The molecule has 0 spiro atoms. The fraction of sp³-hybridized carbons (Fsp3) is 0.200. The zero-order valence-electron chi connectivity index (χ0n) is 21.9. The van der Waals surface area contributed by atoms with Gasteiger partial charge >= 0.3 is 6.03 Å². The second-order valence-electron chi connectivity index (χ2n) is 9.71. The van der Waals surface area contributed by atoms with Crippen LogP contribution in [0.25, 0.3) is 16.7 Å². The maximum absolute atomic E-state index is 13.7. The number of urea groups is 1. The van der Waals surface area contributed by atoms with Crippen molar-refractivity contribution in [3.63, 3.8) is 0 Å². The SMILES string of the molecule is Cc1nn(-c2ccc(F)cc2)c2nc(Cc3ccccc3)nc(N3CCN(C(=O)Nc4ccc(Cl)cc4)CC3)c12. The Hall–Kier alpha value is -4.50. The Morgan fingerprint density at radius 3 is 2.33 bits per heavy atom. The molecule has 40 heavy (non-hydrogen) atoms. The molecule has 2 aromatic heterocycles. The van der Waals surface area contributed by atoms with E-state index in [0.29, 0.717) is 54.8 Å². The number of hydrogen-bond acceptors (Lipinski definition) is 5. The summed E-state index contributed by atoms with van der Waals surface area (Å²) in [7, 11) is 0. The summed E-state index contributed by atoms with van der Waals surface area (Å²) < 4.78 is 15.4. The molecule has 3 aromatic carbocycles. The number of benzene rings is 3. The monoisotopic (exact) mass is 555 g/mol. The highest BCUT2D eigenvalue weighted by Crippen LogP contribution is 2.30. The number of carbonyl (C=O) groups excluding carboxylic acids is 1. The molecule has 202 valence electrons. The molecule has 0 radical (unpaired) electrons. The molecule has 5 aromatic rings. The second-order valence-corrected chi connectivity index (χ2v) is 10.1. The maximum Gasteiger partial charge on any atom is 0.321 e. The van der Waals surface area contributed by atoms with E-state index in [-0.39, 0.29) is 11.8 Å². The van der Waals surface area contributed by atoms with Crippen LogP contribution in [0.5, 0.6) is 0 Å². The number of aryl methyl sites for hydroxylation is 1. The van der Waals surface area contributed by atoms with E-state index in [9.17, 15) is 9.18 Å². The summed E-state index contributed by atoms with van der Waals surface area (Å²) in [6, 6.07) is 23.2. The molecule has 8 nitrogen and oxygen atoms in total. The lowest BCUT2D eigenvalue weighted by Crippen LogP contribution is -2.50. The van der Waals surface area contributed by atoms with Gasteiger partial charge in [-0.3, -0.25) is 0 Å². The van der Waals surface area contributed by atoms with Crippen molar-refractivity contribution in [2.24, 2.45) is 0 Å². The molecule has 10 heteroatoms. The number of anilines is 2. The first-order chi connectivity index (χ1) is 19.4. The molecule has 2 amide bonds. The number of carbonyl (C=O) groups is 1. The van der Waals surface area contributed by atoms with E-state index in [4.69, 9.17) is 26.7 Å². The Kier molecular flexibility index (Phi) is 7.04. The van der Waals surface area contributed by atoms with Gasteiger partial charge in [-0.25, -0.2) is 23.8 Å². The molecule has 1 aliphatic heterocycles. The highest BCUT2D eigenvalue weighted by atomic mass is 35.5. The van der Waals surface area contributed by atoms with E-state index in [0.717, 1.165) is 28.1 Å². The lowest BCUT2D eigenvalue weighted by Gasteiger charge is -2.35. The van der Waals surface area contributed by atoms with Crippen LogP contribution in [-0.4, -0.2) is 56.9 Å². The molecule has 0 saturated carbocycles. The van der Waals surface area contributed by atoms with Gasteiger partial charge in [-0.1, -0.05) is 41.9 Å². The fourth-order valence-electron chi connectivity index (χ4n) is 4.91. The van der Waals surface area contributed by atoms with Crippen molar-refractivity contribution in [1.29, 1.82) is 0 Å². The van der Waals surface area contributed by atoms with E-state index in [1.807, 2.05) is 37.3 Å². The van der Waals surface area contributed by atoms with E-state index in [1.165, 1.54) is 12.1 Å². The van der Waals surface area contributed by atoms with E-state index in [2.05, 4.69) is 10.2 Å². The lowest BCUT2D eigenvalue weighted by atomic mass is 10.1. The van der Waals surface area contributed by atoms with Gasteiger partial charge in [-0.05, 0) is 61.0 Å². The number of nitrogens with zero attached hydrogens (tertiary/aromatic N) is 6. The van der Waals surface area contributed by atoms with Gasteiger partial charge in [0, 0.05) is 43.3 Å².